The Morgan fingerprint density at radius 3 is 2.58 bits per heavy atom. The normalized spacial score (nSPS) is 28.2. The van der Waals surface area contributed by atoms with Crippen molar-refractivity contribution >= 4 is 11.9 Å². The minimum absolute atomic E-state index is 0.0328. The second kappa shape index (κ2) is 8.12. The fourth-order valence-electron chi connectivity index (χ4n) is 4.34. The second-order valence-electron chi connectivity index (χ2n) is 7.01. The fraction of sp³-hybridized carbons (Fsp3) is 0.579. The highest BCUT2D eigenvalue weighted by Crippen LogP contribution is 2.42. The van der Waals surface area contributed by atoms with Crippen LogP contribution in [0.1, 0.15) is 23.7 Å². The van der Waals surface area contributed by atoms with Gasteiger partial charge in [0.25, 0.3) is 12.3 Å². The van der Waals surface area contributed by atoms with Gasteiger partial charge in [0.15, 0.2) is 0 Å². The first-order chi connectivity index (χ1) is 12.5. The number of fused-ring (bicyclic) bond motifs is 2. The summed E-state index contributed by atoms with van der Waals surface area (Å²) >= 11 is 0. The Morgan fingerprint density at radius 1 is 1.23 bits per heavy atom. The smallest absolute Gasteiger partial charge is 0.311 e. The van der Waals surface area contributed by atoms with E-state index in [9.17, 15) is 18.4 Å². The summed E-state index contributed by atoms with van der Waals surface area (Å²) in [4.78, 5) is 26.8. The Kier molecular flexibility index (Phi) is 5.86. The molecule has 2 fully saturated rings. The number of nitrogens with one attached hydrogen (secondary N) is 1. The monoisotopic (exact) mass is 366 g/mol. The number of piperidine rings is 1. The van der Waals surface area contributed by atoms with Gasteiger partial charge in [-0.2, -0.15) is 0 Å². The summed E-state index contributed by atoms with van der Waals surface area (Å²) in [5.41, 5.74) is 0.515. The number of amides is 1. The third-order valence-electron chi connectivity index (χ3n) is 5.28. The molecule has 1 amide bonds. The van der Waals surface area contributed by atoms with E-state index in [0.717, 1.165) is 6.42 Å². The first-order valence-electron chi connectivity index (χ1n) is 9.02. The number of carbonyl (C=O) groups excluding carboxylic acids is 2. The maximum Gasteiger partial charge on any atom is 0.311 e. The summed E-state index contributed by atoms with van der Waals surface area (Å²) < 4.78 is 30.8. The quantitative estimate of drug-likeness (QED) is 0.784. The Bertz CT molecular complexity index is 641. The molecule has 1 aliphatic carbocycles. The lowest BCUT2D eigenvalue weighted by Gasteiger charge is -2.32. The molecule has 2 aliphatic rings. The largest absolute Gasteiger partial charge is 0.466 e. The number of alkyl halides is 2. The van der Waals surface area contributed by atoms with E-state index in [4.69, 9.17) is 4.74 Å². The molecule has 0 aromatic heterocycles. The van der Waals surface area contributed by atoms with Crippen molar-refractivity contribution in [1.82, 2.24) is 10.2 Å². The number of hydrogen-bond acceptors (Lipinski definition) is 4. The molecule has 0 radical (unpaired) electrons. The van der Waals surface area contributed by atoms with Gasteiger partial charge in [0, 0.05) is 24.7 Å². The van der Waals surface area contributed by atoms with Crippen LogP contribution >= 0.6 is 0 Å². The topological polar surface area (TPSA) is 58.6 Å². The van der Waals surface area contributed by atoms with Gasteiger partial charge in [-0.3, -0.25) is 14.5 Å². The third-order valence-corrected chi connectivity index (χ3v) is 5.28. The van der Waals surface area contributed by atoms with E-state index >= 15 is 0 Å². The molecule has 5 nitrogen and oxygen atoms in total. The number of likely N-dealkylation sites (tertiary alicyclic amines) is 1. The molecule has 1 aliphatic heterocycles. The van der Waals surface area contributed by atoms with Crippen LogP contribution in [0.15, 0.2) is 30.3 Å². The summed E-state index contributed by atoms with van der Waals surface area (Å²) in [5, 5.41) is 2.98. The molecule has 4 atom stereocenters. The zero-order chi connectivity index (χ0) is 18.7. The number of hydrogen-bond donors (Lipinski definition) is 1. The van der Waals surface area contributed by atoms with Crippen molar-refractivity contribution in [2.24, 2.45) is 17.8 Å². The Balaban J connectivity index is 1.78. The Hall–Kier alpha value is -2.02. The van der Waals surface area contributed by atoms with Gasteiger partial charge in [-0.05, 0) is 37.3 Å². The van der Waals surface area contributed by atoms with Crippen LogP contribution in [0.25, 0.3) is 0 Å². The molecule has 1 saturated heterocycles. The van der Waals surface area contributed by atoms with E-state index in [1.54, 1.807) is 36.1 Å². The number of rotatable bonds is 6. The number of benzene rings is 1. The molecule has 0 spiro atoms. The predicted octanol–water partition coefficient (Wildman–Crippen LogP) is 2.18. The van der Waals surface area contributed by atoms with Crippen molar-refractivity contribution in [2.75, 3.05) is 26.2 Å². The summed E-state index contributed by atoms with van der Waals surface area (Å²) in [6, 6.07) is 8.39. The predicted molar refractivity (Wildman–Crippen MR) is 91.9 cm³/mol. The van der Waals surface area contributed by atoms with Gasteiger partial charge >= 0.3 is 5.97 Å². The van der Waals surface area contributed by atoms with Crippen LogP contribution in [0.4, 0.5) is 8.78 Å². The fourth-order valence-corrected chi connectivity index (χ4v) is 4.34. The molecule has 2 bridgehead atoms. The minimum Gasteiger partial charge on any atom is -0.466 e. The molecule has 26 heavy (non-hydrogen) atoms. The molecule has 142 valence electrons. The molecular weight excluding hydrogens is 342 g/mol. The van der Waals surface area contributed by atoms with Gasteiger partial charge in [-0.25, -0.2) is 8.78 Å². The summed E-state index contributed by atoms with van der Waals surface area (Å²) in [6.07, 6.45) is -1.67. The first kappa shape index (κ1) is 18.8. The van der Waals surface area contributed by atoms with Crippen LogP contribution < -0.4 is 5.32 Å². The highest BCUT2D eigenvalue weighted by molar-refractivity contribution is 5.94. The van der Waals surface area contributed by atoms with E-state index in [-0.39, 0.29) is 36.9 Å². The molecule has 1 N–H and O–H groups in total. The van der Waals surface area contributed by atoms with Crippen LogP contribution in [0.2, 0.25) is 0 Å². The average Bonchev–Trinajstić information content (AvgIpc) is 2.85. The molecule has 3 rings (SSSR count). The number of halogens is 2. The third kappa shape index (κ3) is 4.03. The van der Waals surface area contributed by atoms with Crippen molar-refractivity contribution < 1.29 is 23.1 Å². The average molecular weight is 366 g/mol. The number of nitrogens with zero attached hydrogens (tertiary/aromatic N) is 1. The SMILES string of the molecule is CCOC(=O)C1C2CC(CN(CC(F)F)C2)C1NC(=O)c1ccccc1. The zero-order valence-corrected chi connectivity index (χ0v) is 14.7. The highest BCUT2D eigenvalue weighted by Gasteiger charge is 2.52. The van der Waals surface area contributed by atoms with E-state index in [1.807, 2.05) is 6.07 Å². The molecule has 4 unspecified atom stereocenters. The van der Waals surface area contributed by atoms with Crippen molar-refractivity contribution in [3.8, 4) is 0 Å². The van der Waals surface area contributed by atoms with Gasteiger partial charge in [0.05, 0.1) is 19.1 Å². The van der Waals surface area contributed by atoms with Crippen LogP contribution in [-0.2, 0) is 9.53 Å². The molecule has 1 heterocycles. The van der Waals surface area contributed by atoms with Crippen LogP contribution in [0.3, 0.4) is 0 Å². The minimum atomic E-state index is -2.41. The molecule has 7 heteroatoms. The molecule has 1 aromatic rings. The lowest BCUT2D eigenvalue weighted by Crippen LogP contribution is -2.46. The standard InChI is InChI=1S/C19H24F2N2O3/c1-2-26-19(25)16-13-8-14(10-23(9-13)11-15(20)21)17(16)22-18(24)12-6-4-3-5-7-12/h3-7,13-17H,2,8-11H2,1H3,(H,22,24). The maximum absolute atomic E-state index is 12.8. The number of carbonyl (C=O) groups is 2. The summed E-state index contributed by atoms with van der Waals surface area (Å²) in [6.45, 7) is 2.58. The first-order valence-corrected chi connectivity index (χ1v) is 9.02. The van der Waals surface area contributed by atoms with Gasteiger partial charge in [-0.1, -0.05) is 18.2 Å². The lowest BCUT2D eigenvalue weighted by molar-refractivity contribution is -0.150. The van der Waals surface area contributed by atoms with Gasteiger partial charge in [0.1, 0.15) is 0 Å². The van der Waals surface area contributed by atoms with Gasteiger partial charge < -0.3 is 10.1 Å². The van der Waals surface area contributed by atoms with E-state index < -0.39 is 18.4 Å². The van der Waals surface area contributed by atoms with Crippen molar-refractivity contribution in [2.45, 2.75) is 25.8 Å². The van der Waals surface area contributed by atoms with Gasteiger partial charge in [-0.15, -0.1) is 0 Å². The van der Waals surface area contributed by atoms with Crippen LogP contribution in [0.5, 0.6) is 0 Å². The van der Waals surface area contributed by atoms with E-state index in [0.29, 0.717) is 18.7 Å². The Labute approximate surface area is 151 Å². The summed E-state index contributed by atoms with van der Waals surface area (Å²) in [5.74, 6) is -1.20. The Morgan fingerprint density at radius 2 is 1.92 bits per heavy atom. The van der Waals surface area contributed by atoms with Gasteiger partial charge in [0.2, 0.25) is 0 Å². The number of esters is 1. The van der Waals surface area contributed by atoms with Crippen molar-refractivity contribution in [3.63, 3.8) is 0 Å². The zero-order valence-electron chi connectivity index (χ0n) is 14.7. The molecule has 1 aromatic carbocycles. The molecule has 1 saturated carbocycles. The van der Waals surface area contributed by atoms with Crippen molar-refractivity contribution in [3.05, 3.63) is 35.9 Å². The highest BCUT2D eigenvalue weighted by atomic mass is 19.3. The number of ether oxygens (including phenoxy) is 1. The summed E-state index contributed by atoms with van der Waals surface area (Å²) in [7, 11) is 0. The van der Waals surface area contributed by atoms with Crippen LogP contribution in [0, 0.1) is 17.8 Å². The second-order valence-corrected chi connectivity index (χ2v) is 7.01. The maximum atomic E-state index is 12.8. The lowest BCUT2D eigenvalue weighted by atomic mass is 9.93. The van der Waals surface area contributed by atoms with Crippen LogP contribution in [-0.4, -0.2) is 55.5 Å². The van der Waals surface area contributed by atoms with Crippen molar-refractivity contribution in [1.29, 1.82) is 0 Å². The van der Waals surface area contributed by atoms with E-state index in [2.05, 4.69) is 5.32 Å². The van der Waals surface area contributed by atoms with E-state index in [1.165, 1.54) is 0 Å². The molecular formula is C19H24F2N2O3.